The molecule has 0 aromatic rings. The van der Waals surface area contributed by atoms with E-state index in [0.29, 0.717) is 6.04 Å². The molecule has 1 aliphatic heterocycles. The van der Waals surface area contributed by atoms with Crippen LogP contribution >= 0.6 is 0 Å². The highest BCUT2D eigenvalue weighted by molar-refractivity contribution is 5.81. The van der Waals surface area contributed by atoms with E-state index in [1.807, 2.05) is 25.7 Å². The van der Waals surface area contributed by atoms with Crippen molar-refractivity contribution in [2.24, 2.45) is 0 Å². The van der Waals surface area contributed by atoms with Crippen LogP contribution in [-0.2, 0) is 9.53 Å². The van der Waals surface area contributed by atoms with E-state index in [1.54, 1.807) is 0 Å². The van der Waals surface area contributed by atoms with Gasteiger partial charge < -0.3 is 15.0 Å². The molecule has 1 amide bonds. The molecule has 0 bridgehead atoms. The predicted molar refractivity (Wildman–Crippen MR) is 85.3 cm³/mol. The van der Waals surface area contributed by atoms with E-state index < -0.39 is 0 Å². The average Bonchev–Trinajstić information content (AvgIpc) is 2.49. The molecule has 1 spiro atoms. The Balaban J connectivity index is 1.88. The molecule has 0 aromatic carbocycles. The summed E-state index contributed by atoms with van der Waals surface area (Å²) in [7, 11) is 0. The smallest absolute Gasteiger partial charge is 0.239 e. The molecule has 0 radical (unpaired) electrons. The van der Waals surface area contributed by atoms with Crippen molar-refractivity contribution in [1.82, 2.24) is 10.2 Å². The Kier molecular flexibility index (Phi) is 6.06. The zero-order valence-corrected chi connectivity index (χ0v) is 14.0. The lowest BCUT2D eigenvalue weighted by molar-refractivity contribution is -0.134. The van der Waals surface area contributed by atoms with Crippen molar-refractivity contribution in [1.29, 1.82) is 0 Å². The van der Waals surface area contributed by atoms with Crippen LogP contribution in [0.5, 0.6) is 0 Å². The van der Waals surface area contributed by atoms with Crippen LogP contribution in [0.2, 0.25) is 0 Å². The van der Waals surface area contributed by atoms with Gasteiger partial charge in [-0.05, 0) is 46.5 Å². The quantitative estimate of drug-likeness (QED) is 0.848. The number of carbonyl (C=O) groups excluding carboxylic acids is 1. The first-order chi connectivity index (χ1) is 10.1. The molecule has 1 saturated heterocycles. The van der Waals surface area contributed by atoms with Crippen LogP contribution in [-0.4, -0.2) is 48.2 Å². The van der Waals surface area contributed by atoms with E-state index in [4.69, 9.17) is 4.74 Å². The summed E-state index contributed by atoms with van der Waals surface area (Å²) in [6.07, 6.45) is 8.43. The fourth-order valence-corrected chi connectivity index (χ4v) is 3.95. The molecule has 1 saturated carbocycles. The number of amides is 1. The van der Waals surface area contributed by atoms with Crippen LogP contribution in [0.25, 0.3) is 0 Å². The van der Waals surface area contributed by atoms with Crippen molar-refractivity contribution in [2.45, 2.75) is 83.4 Å². The lowest BCUT2D eigenvalue weighted by Crippen LogP contribution is -2.53. The lowest BCUT2D eigenvalue weighted by atomic mass is 9.78. The van der Waals surface area contributed by atoms with Gasteiger partial charge in [0.1, 0.15) is 0 Å². The van der Waals surface area contributed by atoms with Crippen molar-refractivity contribution >= 4 is 5.91 Å². The number of hydrogen-bond donors (Lipinski definition) is 1. The first-order valence-corrected chi connectivity index (χ1v) is 8.79. The molecule has 2 fully saturated rings. The average molecular weight is 296 g/mol. The van der Waals surface area contributed by atoms with Crippen LogP contribution in [0, 0.1) is 0 Å². The highest BCUT2D eigenvalue weighted by atomic mass is 16.5. The van der Waals surface area contributed by atoms with Gasteiger partial charge in [-0.3, -0.25) is 4.79 Å². The van der Waals surface area contributed by atoms with Gasteiger partial charge in [-0.1, -0.05) is 19.3 Å². The SMILES string of the molecule is CCN(CC)C(=O)C(C)NC1CCOC2(CCCCC2)C1. The largest absolute Gasteiger partial charge is 0.375 e. The number of rotatable bonds is 5. The summed E-state index contributed by atoms with van der Waals surface area (Å²) in [5, 5.41) is 3.57. The first kappa shape index (κ1) is 16.8. The summed E-state index contributed by atoms with van der Waals surface area (Å²) in [6, 6.07) is 0.333. The molecule has 21 heavy (non-hydrogen) atoms. The van der Waals surface area contributed by atoms with E-state index in [-0.39, 0.29) is 17.6 Å². The summed E-state index contributed by atoms with van der Waals surface area (Å²) in [5.41, 5.74) is 0.103. The number of ether oxygens (including phenoxy) is 1. The number of carbonyl (C=O) groups is 1. The normalized spacial score (nSPS) is 26.5. The molecule has 4 heteroatoms. The van der Waals surface area contributed by atoms with Crippen molar-refractivity contribution in [2.75, 3.05) is 19.7 Å². The van der Waals surface area contributed by atoms with Crippen molar-refractivity contribution in [3.8, 4) is 0 Å². The van der Waals surface area contributed by atoms with Crippen LogP contribution in [0.15, 0.2) is 0 Å². The summed E-state index contributed by atoms with van der Waals surface area (Å²) in [4.78, 5) is 14.3. The number of likely N-dealkylation sites (N-methyl/N-ethyl adjacent to an activating group) is 1. The minimum absolute atomic E-state index is 0.0892. The predicted octanol–water partition coefficient (Wildman–Crippen LogP) is 2.71. The Labute approximate surface area is 129 Å². The molecule has 2 unspecified atom stereocenters. The van der Waals surface area contributed by atoms with Crippen molar-refractivity contribution in [3.05, 3.63) is 0 Å². The Hall–Kier alpha value is -0.610. The maximum absolute atomic E-state index is 12.4. The third-order valence-electron chi connectivity index (χ3n) is 5.19. The molecule has 1 heterocycles. The lowest BCUT2D eigenvalue weighted by Gasteiger charge is -2.44. The second-order valence-electron chi connectivity index (χ2n) is 6.68. The molecule has 0 aromatic heterocycles. The first-order valence-electron chi connectivity index (χ1n) is 8.79. The van der Waals surface area contributed by atoms with Crippen molar-refractivity contribution in [3.63, 3.8) is 0 Å². The van der Waals surface area contributed by atoms with Crippen LogP contribution < -0.4 is 5.32 Å². The topological polar surface area (TPSA) is 41.6 Å². The van der Waals surface area contributed by atoms with E-state index in [2.05, 4.69) is 5.32 Å². The molecule has 4 nitrogen and oxygen atoms in total. The summed E-state index contributed by atoms with van der Waals surface area (Å²) in [6.45, 7) is 8.50. The minimum Gasteiger partial charge on any atom is -0.375 e. The van der Waals surface area contributed by atoms with E-state index >= 15 is 0 Å². The Morgan fingerprint density at radius 3 is 2.57 bits per heavy atom. The van der Waals surface area contributed by atoms with Crippen molar-refractivity contribution < 1.29 is 9.53 Å². The Morgan fingerprint density at radius 2 is 1.95 bits per heavy atom. The Bertz CT molecular complexity index is 330. The van der Waals surface area contributed by atoms with E-state index in [1.165, 1.54) is 32.1 Å². The fraction of sp³-hybridized carbons (Fsp3) is 0.941. The third kappa shape index (κ3) is 4.19. The molecular weight excluding hydrogens is 264 g/mol. The maximum Gasteiger partial charge on any atom is 0.239 e. The number of nitrogens with one attached hydrogen (secondary N) is 1. The van der Waals surface area contributed by atoms with E-state index in [9.17, 15) is 4.79 Å². The van der Waals surface area contributed by atoms with E-state index in [0.717, 1.165) is 32.5 Å². The second-order valence-corrected chi connectivity index (χ2v) is 6.68. The zero-order chi connectivity index (χ0) is 15.3. The van der Waals surface area contributed by atoms with Gasteiger partial charge in [0.25, 0.3) is 0 Å². The van der Waals surface area contributed by atoms with Gasteiger partial charge in [-0.2, -0.15) is 0 Å². The standard InChI is InChI=1S/C17H32N2O2/c1-4-19(5-2)16(20)14(3)18-15-9-12-21-17(13-15)10-7-6-8-11-17/h14-15,18H,4-13H2,1-3H3. The second kappa shape index (κ2) is 7.59. The monoisotopic (exact) mass is 296 g/mol. The molecule has 1 N–H and O–H groups in total. The number of nitrogens with zero attached hydrogens (tertiary/aromatic N) is 1. The van der Waals surface area contributed by atoms with Crippen LogP contribution in [0.1, 0.15) is 65.7 Å². The van der Waals surface area contributed by atoms with Gasteiger partial charge in [0, 0.05) is 25.7 Å². The fourth-order valence-electron chi connectivity index (χ4n) is 3.95. The van der Waals surface area contributed by atoms with Crippen LogP contribution in [0.4, 0.5) is 0 Å². The highest BCUT2D eigenvalue weighted by Crippen LogP contribution is 2.38. The van der Waals surface area contributed by atoms with Gasteiger partial charge in [-0.15, -0.1) is 0 Å². The summed E-state index contributed by atoms with van der Waals surface area (Å²) >= 11 is 0. The third-order valence-corrected chi connectivity index (χ3v) is 5.19. The molecule has 2 rings (SSSR count). The summed E-state index contributed by atoms with van der Waals surface area (Å²) < 4.78 is 6.13. The number of hydrogen-bond acceptors (Lipinski definition) is 3. The van der Waals surface area contributed by atoms with Gasteiger partial charge in [-0.25, -0.2) is 0 Å². The van der Waals surface area contributed by atoms with Gasteiger partial charge in [0.2, 0.25) is 5.91 Å². The van der Waals surface area contributed by atoms with Gasteiger partial charge in [0.05, 0.1) is 11.6 Å². The van der Waals surface area contributed by atoms with Gasteiger partial charge in [0.15, 0.2) is 0 Å². The van der Waals surface area contributed by atoms with Crippen LogP contribution in [0.3, 0.4) is 0 Å². The molecular formula is C17H32N2O2. The highest BCUT2D eigenvalue weighted by Gasteiger charge is 2.39. The van der Waals surface area contributed by atoms with Gasteiger partial charge >= 0.3 is 0 Å². The minimum atomic E-state index is -0.0892. The Morgan fingerprint density at radius 1 is 1.29 bits per heavy atom. The maximum atomic E-state index is 12.4. The zero-order valence-electron chi connectivity index (χ0n) is 14.0. The molecule has 122 valence electrons. The molecule has 1 aliphatic carbocycles. The molecule has 2 atom stereocenters. The summed E-state index contributed by atoms with van der Waals surface area (Å²) in [5.74, 6) is 0.226. The molecule has 2 aliphatic rings.